The van der Waals surface area contributed by atoms with Gasteiger partial charge in [0.25, 0.3) is 0 Å². The number of rotatable bonds is 5. The first-order valence-electron chi connectivity index (χ1n) is 10.2. The van der Waals surface area contributed by atoms with E-state index in [1.165, 1.54) is 0 Å². The fourth-order valence-electron chi connectivity index (χ4n) is 4.36. The van der Waals surface area contributed by atoms with Gasteiger partial charge in [0.2, 0.25) is 11.8 Å². The zero-order chi connectivity index (χ0) is 18.6. The van der Waals surface area contributed by atoms with Crippen LogP contribution in [0.4, 0.5) is 5.69 Å². The van der Waals surface area contributed by atoms with Gasteiger partial charge in [0.1, 0.15) is 0 Å². The number of anilines is 1. The summed E-state index contributed by atoms with van der Waals surface area (Å²) in [6.45, 7) is 7.29. The van der Waals surface area contributed by atoms with Crippen LogP contribution in [-0.4, -0.2) is 74.1 Å². The largest absolute Gasteiger partial charge is 0.379 e. The summed E-state index contributed by atoms with van der Waals surface area (Å²) >= 11 is 0. The Balaban J connectivity index is 1.27. The van der Waals surface area contributed by atoms with Gasteiger partial charge in [-0.05, 0) is 36.5 Å². The van der Waals surface area contributed by atoms with E-state index in [1.54, 1.807) is 0 Å². The van der Waals surface area contributed by atoms with E-state index in [4.69, 9.17) is 4.74 Å². The van der Waals surface area contributed by atoms with Crippen molar-refractivity contribution in [2.75, 3.05) is 57.4 Å². The maximum Gasteiger partial charge on any atom is 0.227 e. The molecule has 3 heterocycles. The summed E-state index contributed by atoms with van der Waals surface area (Å²) < 4.78 is 5.41. The van der Waals surface area contributed by atoms with Crippen molar-refractivity contribution in [1.82, 2.24) is 9.80 Å². The van der Waals surface area contributed by atoms with Crippen LogP contribution >= 0.6 is 0 Å². The standard InChI is InChI=1S/C21H29N3O3/c25-20-2-1-8-24(20)19-5-3-17(4-6-19)14-21(26)23-9-7-18(16-23)15-22-10-12-27-13-11-22/h3-6,18H,1-2,7-16H2/t18-/m1/s1. The Morgan fingerprint density at radius 3 is 2.56 bits per heavy atom. The smallest absolute Gasteiger partial charge is 0.227 e. The molecule has 0 unspecified atom stereocenters. The van der Waals surface area contributed by atoms with E-state index in [9.17, 15) is 9.59 Å². The Kier molecular flexibility index (Phi) is 5.74. The molecule has 146 valence electrons. The number of hydrogen-bond acceptors (Lipinski definition) is 4. The number of morpholine rings is 1. The average Bonchev–Trinajstić information content (AvgIpc) is 3.32. The zero-order valence-electron chi connectivity index (χ0n) is 15.9. The second kappa shape index (κ2) is 8.40. The second-order valence-electron chi connectivity index (χ2n) is 7.90. The third-order valence-electron chi connectivity index (χ3n) is 5.94. The molecule has 0 N–H and O–H groups in total. The van der Waals surface area contributed by atoms with E-state index in [2.05, 4.69) is 4.90 Å². The number of amides is 2. The molecular formula is C21H29N3O3. The summed E-state index contributed by atoms with van der Waals surface area (Å²) in [5.41, 5.74) is 1.97. The molecule has 1 aromatic rings. The second-order valence-corrected chi connectivity index (χ2v) is 7.90. The van der Waals surface area contributed by atoms with Crippen LogP contribution in [0.25, 0.3) is 0 Å². The molecule has 6 nitrogen and oxygen atoms in total. The summed E-state index contributed by atoms with van der Waals surface area (Å²) in [7, 11) is 0. The SMILES string of the molecule is O=C(Cc1ccc(N2CCCC2=O)cc1)N1CC[C@H](CN2CCOCC2)C1. The molecule has 0 aromatic heterocycles. The van der Waals surface area contributed by atoms with Crippen LogP contribution in [0.15, 0.2) is 24.3 Å². The highest BCUT2D eigenvalue weighted by atomic mass is 16.5. The summed E-state index contributed by atoms with van der Waals surface area (Å²) in [4.78, 5) is 30.8. The molecule has 0 saturated carbocycles. The first-order valence-corrected chi connectivity index (χ1v) is 10.2. The van der Waals surface area contributed by atoms with E-state index >= 15 is 0 Å². The van der Waals surface area contributed by atoms with E-state index < -0.39 is 0 Å². The van der Waals surface area contributed by atoms with E-state index in [0.29, 0.717) is 18.8 Å². The lowest BCUT2D eigenvalue weighted by molar-refractivity contribution is -0.129. The van der Waals surface area contributed by atoms with Crippen LogP contribution < -0.4 is 4.90 Å². The third kappa shape index (κ3) is 4.50. The predicted molar refractivity (Wildman–Crippen MR) is 104 cm³/mol. The van der Waals surface area contributed by atoms with E-state index in [-0.39, 0.29) is 11.8 Å². The van der Waals surface area contributed by atoms with E-state index in [0.717, 1.165) is 76.6 Å². The Morgan fingerprint density at radius 2 is 1.85 bits per heavy atom. The van der Waals surface area contributed by atoms with Gasteiger partial charge in [-0.3, -0.25) is 14.5 Å². The van der Waals surface area contributed by atoms with Gasteiger partial charge in [-0.2, -0.15) is 0 Å². The molecule has 4 rings (SSSR count). The summed E-state index contributed by atoms with van der Waals surface area (Å²) in [5, 5.41) is 0. The predicted octanol–water partition coefficient (Wildman–Crippen LogP) is 1.54. The molecule has 0 aliphatic carbocycles. The molecule has 3 aliphatic heterocycles. The molecule has 0 bridgehead atoms. The lowest BCUT2D eigenvalue weighted by atomic mass is 10.1. The van der Waals surface area contributed by atoms with Gasteiger partial charge in [0.15, 0.2) is 0 Å². The van der Waals surface area contributed by atoms with Gasteiger partial charge >= 0.3 is 0 Å². The highest BCUT2D eigenvalue weighted by Crippen LogP contribution is 2.23. The molecule has 0 radical (unpaired) electrons. The van der Waals surface area contributed by atoms with Crippen LogP contribution in [0, 0.1) is 5.92 Å². The van der Waals surface area contributed by atoms with Gasteiger partial charge in [0.05, 0.1) is 19.6 Å². The molecule has 2 amide bonds. The Labute approximate surface area is 161 Å². The van der Waals surface area contributed by atoms with Gasteiger partial charge in [-0.1, -0.05) is 12.1 Å². The van der Waals surface area contributed by atoms with Crippen molar-refractivity contribution >= 4 is 17.5 Å². The van der Waals surface area contributed by atoms with E-state index in [1.807, 2.05) is 34.1 Å². The van der Waals surface area contributed by atoms with Crippen molar-refractivity contribution < 1.29 is 14.3 Å². The van der Waals surface area contributed by atoms with Gasteiger partial charge < -0.3 is 14.5 Å². The number of carbonyl (C=O) groups is 2. The lowest BCUT2D eigenvalue weighted by Crippen LogP contribution is -2.40. The summed E-state index contributed by atoms with van der Waals surface area (Å²) in [5.74, 6) is 0.988. The Hall–Kier alpha value is -1.92. The Bertz CT molecular complexity index is 670. The van der Waals surface area contributed by atoms with Gasteiger partial charge in [0, 0.05) is 51.4 Å². The van der Waals surface area contributed by atoms with Crippen molar-refractivity contribution in [3.63, 3.8) is 0 Å². The van der Waals surface area contributed by atoms with Crippen molar-refractivity contribution in [1.29, 1.82) is 0 Å². The van der Waals surface area contributed by atoms with Crippen LogP contribution in [0.2, 0.25) is 0 Å². The first-order chi connectivity index (χ1) is 13.2. The van der Waals surface area contributed by atoms with Crippen LogP contribution in [0.1, 0.15) is 24.8 Å². The quantitative estimate of drug-likeness (QED) is 0.788. The molecule has 0 spiro atoms. The topological polar surface area (TPSA) is 53.1 Å². The normalized spacial score (nSPS) is 24.0. The van der Waals surface area contributed by atoms with Crippen molar-refractivity contribution in [3.05, 3.63) is 29.8 Å². The molecule has 27 heavy (non-hydrogen) atoms. The van der Waals surface area contributed by atoms with Crippen molar-refractivity contribution in [3.8, 4) is 0 Å². The summed E-state index contributed by atoms with van der Waals surface area (Å²) in [6, 6.07) is 7.91. The number of ether oxygens (including phenoxy) is 1. The van der Waals surface area contributed by atoms with Crippen LogP contribution in [-0.2, 0) is 20.7 Å². The minimum Gasteiger partial charge on any atom is -0.379 e. The Morgan fingerprint density at radius 1 is 1.07 bits per heavy atom. The fraction of sp³-hybridized carbons (Fsp3) is 0.619. The number of carbonyl (C=O) groups excluding carboxylic acids is 2. The maximum absolute atomic E-state index is 12.7. The lowest BCUT2D eigenvalue weighted by Gasteiger charge is -2.29. The van der Waals surface area contributed by atoms with Gasteiger partial charge in [-0.25, -0.2) is 0 Å². The molecule has 1 aromatic carbocycles. The number of likely N-dealkylation sites (tertiary alicyclic amines) is 1. The van der Waals surface area contributed by atoms with Crippen LogP contribution in [0.3, 0.4) is 0 Å². The fourth-order valence-corrected chi connectivity index (χ4v) is 4.36. The van der Waals surface area contributed by atoms with Crippen molar-refractivity contribution in [2.45, 2.75) is 25.7 Å². The average molecular weight is 371 g/mol. The molecular weight excluding hydrogens is 342 g/mol. The monoisotopic (exact) mass is 371 g/mol. The number of benzene rings is 1. The summed E-state index contributed by atoms with van der Waals surface area (Å²) in [6.07, 6.45) is 3.11. The first kappa shape index (κ1) is 18.4. The highest BCUT2D eigenvalue weighted by molar-refractivity contribution is 5.95. The molecule has 3 fully saturated rings. The highest BCUT2D eigenvalue weighted by Gasteiger charge is 2.28. The maximum atomic E-state index is 12.7. The number of hydrogen-bond donors (Lipinski definition) is 0. The van der Waals surface area contributed by atoms with Gasteiger partial charge in [-0.15, -0.1) is 0 Å². The minimum atomic E-state index is 0.196. The molecule has 1 atom stereocenters. The molecule has 6 heteroatoms. The molecule has 3 saturated heterocycles. The zero-order valence-corrected chi connectivity index (χ0v) is 15.9. The third-order valence-corrected chi connectivity index (χ3v) is 5.94. The molecule has 3 aliphatic rings. The van der Waals surface area contributed by atoms with Crippen LogP contribution in [0.5, 0.6) is 0 Å². The minimum absolute atomic E-state index is 0.196. The van der Waals surface area contributed by atoms with Crippen molar-refractivity contribution in [2.24, 2.45) is 5.92 Å². The number of nitrogens with zero attached hydrogens (tertiary/aromatic N) is 3.